The van der Waals surface area contributed by atoms with Gasteiger partial charge in [-0.1, -0.05) is 18.2 Å². The molecule has 0 radical (unpaired) electrons. The molecule has 6 nitrogen and oxygen atoms in total. The fraction of sp³-hybridized carbons (Fsp3) is 0.250. The van der Waals surface area contributed by atoms with Crippen LogP contribution in [0.5, 0.6) is 11.5 Å². The van der Waals surface area contributed by atoms with Gasteiger partial charge in [0.05, 0.1) is 24.3 Å². The van der Waals surface area contributed by atoms with Gasteiger partial charge >= 0.3 is 0 Å². The zero-order chi connectivity index (χ0) is 15.8. The van der Waals surface area contributed by atoms with E-state index in [0.29, 0.717) is 24.6 Å². The van der Waals surface area contributed by atoms with E-state index in [2.05, 4.69) is 5.32 Å². The second-order valence-corrected chi connectivity index (χ2v) is 4.58. The van der Waals surface area contributed by atoms with Crippen LogP contribution in [-0.4, -0.2) is 25.2 Å². The van der Waals surface area contributed by atoms with Crippen molar-refractivity contribution < 1.29 is 14.4 Å². The molecular weight excluding hydrogens is 284 g/mol. The van der Waals surface area contributed by atoms with Crippen LogP contribution in [0.2, 0.25) is 0 Å². The van der Waals surface area contributed by atoms with Crippen LogP contribution in [0.1, 0.15) is 6.42 Å². The van der Waals surface area contributed by atoms with Crippen molar-refractivity contribution in [3.63, 3.8) is 0 Å². The highest BCUT2D eigenvalue weighted by Crippen LogP contribution is 2.28. The van der Waals surface area contributed by atoms with Gasteiger partial charge in [0.2, 0.25) is 0 Å². The third-order valence-electron chi connectivity index (χ3n) is 3.04. The van der Waals surface area contributed by atoms with E-state index in [1.165, 1.54) is 19.2 Å². The van der Waals surface area contributed by atoms with Gasteiger partial charge in [-0.15, -0.1) is 0 Å². The van der Waals surface area contributed by atoms with Crippen LogP contribution in [0.25, 0.3) is 0 Å². The van der Waals surface area contributed by atoms with E-state index in [9.17, 15) is 10.1 Å². The number of hydrogen-bond donors (Lipinski definition) is 1. The van der Waals surface area contributed by atoms with Crippen molar-refractivity contribution in [2.24, 2.45) is 0 Å². The summed E-state index contributed by atoms with van der Waals surface area (Å²) in [6, 6.07) is 14.0. The normalized spacial score (nSPS) is 10.0. The maximum absolute atomic E-state index is 10.8. The number of nitro groups is 1. The molecule has 0 saturated heterocycles. The van der Waals surface area contributed by atoms with Crippen molar-refractivity contribution in [3.8, 4) is 11.5 Å². The Hall–Kier alpha value is -2.76. The number of benzene rings is 2. The Labute approximate surface area is 128 Å². The molecule has 0 heterocycles. The molecule has 0 unspecified atom stereocenters. The summed E-state index contributed by atoms with van der Waals surface area (Å²) in [5.41, 5.74) is 0.639. The van der Waals surface area contributed by atoms with Gasteiger partial charge < -0.3 is 14.8 Å². The molecule has 2 aromatic rings. The summed E-state index contributed by atoms with van der Waals surface area (Å²) >= 11 is 0. The maximum Gasteiger partial charge on any atom is 0.271 e. The summed E-state index contributed by atoms with van der Waals surface area (Å²) in [6.07, 6.45) is 0.765. The fourth-order valence-corrected chi connectivity index (χ4v) is 1.95. The van der Waals surface area contributed by atoms with Crippen molar-refractivity contribution in [1.29, 1.82) is 0 Å². The first-order valence-electron chi connectivity index (χ1n) is 6.95. The van der Waals surface area contributed by atoms with Gasteiger partial charge in [0, 0.05) is 18.7 Å². The third-order valence-corrected chi connectivity index (χ3v) is 3.04. The lowest BCUT2D eigenvalue weighted by Gasteiger charge is -2.11. The van der Waals surface area contributed by atoms with Crippen molar-refractivity contribution in [1.82, 2.24) is 0 Å². The molecule has 0 atom stereocenters. The van der Waals surface area contributed by atoms with Crippen LogP contribution in [0.4, 0.5) is 11.4 Å². The number of rotatable bonds is 8. The van der Waals surface area contributed by atoms with Gasteiger partial charge in [0.25, 0.3) is 5.69 Å². The first-order valence-corrected chi connectivity index (χ1v) is 6.95. The monoisotopic (exact) mass is 302 g/mol. The predicted octanol–water partition coefficient (Wildman–Crippen LogP) is 3.48. The number of ether oxygens (including phenoxy) is 2. The standard InChI is InChI=1S/C16H18N2O4/c1-21-16-9-8-13(18(19)20)12-15(16)17-10-5-11-22-14-6-3-2-4-7-14/h2-4,6-9,12,17H,5,10-11H2,1H3. The molecule has 0 fully saturated rings. The largest absolute Gasteiger partial charge is 0.495 e. The molecule has 0 amide bonds. The number of nitrogens with one attached hydrogen (secondary N) is 1. The zero-order valence-electron chi connectivity index (χ0n) is 12.3. The summed E-state index contributed by atoms with van der Waals surface area (Å²) in [4.78, 5) is 10.4. The zero-order valence-corrected chi connectivity index (χ0v) is 12.3. The topological polar surface area (TPSA) is 73.6 Å². The lowest BCUT2D eigenvalue weighted by Crippen LogP contribution is -2.08. The number of nitro benzene ring substituents is 1. The minimum atomic E-state index is -0.427. The first kappa shape index (κ1) is 15.6. The SMILES string of the molecule is COc1ccc([N+](=O)[O-])cc1NCCCOc1ccccc1. The van der Waals surface area contributed by atoms with Gasteiger partial charge in [0.1, 0.15) is 11.5 Å². The summed E-state index contributed by atoms with van der Waals surface area (Å²) < 4.78 is 10.8. The Balaban J connectivity index is 1.83. The van der Waals surface area contributed by atoms with E-state index in [-0.39, 0.29) is 5.69 Å². The average Bonchev–Trinajstić information content (AvgIpc) is 2.55. The first-order chi connectivity index (χ1) is 10.7. The Bertz CT molecular complexity index is 617. The molecular formula is C16H18N2O4. The Morgan fingerprint density at radius 2 is 1.95 bits per heavy atom. The van der Waals surface area contributed by atoms with Crippen LogP contribution < -0.4 is 14.8 Å². The minimum Gasteiger partial charge on any atom is -0.495 e. The van der Waals surface area contributed by atoms with E-state index in [1.807, 2.05) is 30.3 Å². The van der Waals surface area contributed by atoms with Crippen molar-refractivity contribution in [2.75, 3.05) is 25.6 Å². The molecule has 2 rings (SSSR count). The smallest absolute Gasteiger partial charge is 0.271 e. The molecule has 2 aromatic carbocycles. The molecule has 0 spiro atoms. The summed E-state index contributed by atoms with van der Waals surface area (Å²) in [7, 11) is 1.53. The molecule has 6 heteroatoms. The summed E-state index contributed by atoms with van der Waals surface area (Å²) in [6.45, 7) is 1.19. The van der Waals surface area contributed by atoms with Gasteiger partial charge in [0.15, 0.2) is 0 Å². The Morgan fingerprint density at radius 3 is 2.64 bits per heavy atom. The molecule has 0 aliphatic carbocycles. The minimum absolute atomic E-state index is 0.0313. The van der Waals surface area contributed by atoms with E-state index in [4.69, 9.17) is 9.47 Å². The molecule has 0 bridgehead atoms. The third kappa shape index (κ3) is 4.37. The Morgan fingerprint density at radius 1 is 1.18 bits per heavy atom. The average molecular weight is 302 g/mol. The van der Waals surface area contributed by atoms with E-state index < -0.39 is 4.92 Å². The van der Waals surface area contributed by atoms with Crippen LogP contribution in [0.15, 0.2) is 48.5 Å². The number of methoxy groups -OCH3 is 1. The van der Waals surface area contributed by atoms with E-state index in [0.717, 1.165) is 12.2 Å². The molecule has 0 aliphatic rings. The number of hydrogen-bond acceptors (Lipinski definition) is 5. The van der Waals surface area contributed by atoms with Gasteiger partial charge in [-0.25, -0.2) is 0 Å². The second-order valence-electron chi connectivity index (χ2n) is 4.58. The van der Waals surface area contributed by atoms with Crippen LogP contribution in [-0.2, 0) is 0 Å². The number of para-hydroxylation sites is 1. The summed E-state index contributed by atoms with van der Waals surface area (Å²) in [5.74, 6) is 1.41. The highest BCUT2D eigenvalue weighted by molar-refractivity contribution is 5.61. The molecule has 22 heavy (non-hydrogen) atoms. The van der Waals surface area contributed by atoms with E-state index >= 15 is 0 Å². The predicted molar refractivity (Wildman–Crippen MR) is 84.7 cm³/mol. The number of anilines is 1. The number of non-ortho nitro benzene ring substituents is 1. The Kier molecular flexibility index (Phi) is 5.59. The molecule has 0 aromatic heterocycles. The van der Waals surface area contributed by atoms with Crippen molar-refractivity contribution in [3.05, 3.63) is 58.6 Å². The molecule has 1 N–H and O–H groups in total. The lowest BCUT2D eigenvalue weighted by atomic mass is 10.2. The van der Waals surface area contributed by atoms with Crippen molar-refractivity contribution >= 4 is 11.4 Å². The van der Waals surface area contributed by atoms with Crippen LogP contribution in [0, 0.1) is 10.1 Å². The van der Waals surface area contributed by atoms with Crippen molar-refractivity contribution in [2.45, 2.75) is 6.42 Å². The van der Waals surface area contributed by atoms with Gasteiger partial charge in [-0.2, -0.15) is 0 Å². The summed E-state index contributed by atoms with van der Waals surface area (Å²) in [5, 5.41) is 13.9. The second kappa shape index (κ2) is 7.87. The quantitative estimate of drug-likeness (QED) is 0.459. The van der Waals surface area contributed by atoms with Gasteiger partial charge in [-0.05, 0) is 24.6 Å². The highest BCUT2D eigenvalue weighted by atomic mass is 16.6. The van der Waals surface area contributed by atoms with Gasteiger partial charge in [-0.3, -0.25) is 10.1 Å². The van der Waals surface area contributed by atoms with E-state index in [1.54, 1.807) is 6.07 Å². The molecule has 0 saturated carbocycles. The maximum atomic E-state index is 10.8. The lowest BCUT2D eigenvalue weighted by molar-refractivity contribution is -0.384. The fourth-order valence-electron chi connectivity index (χ4n) is 1.95. The number of nitrogens with zero attached hydrogens (tertiary/aromatic N) is 1. The van der Waals surface area contributed by atoms with Crippen LogP contribution >= 0.6 is 0 Å². The molecule has 116 valence electrons. The van der Waals surface area contributed by atoms with Crippen LogP contribution in [0.3, 0.4) is 0 Å². The highest BCUT2D eigenvalue weighted by Gasteiger charge is 2.10. The molecule has 0 aliphatic heterocycles.